The zero-order valence-corrected chi connectivity index (χ0v) is 8.56. The van der Waals surface area contributed by atoms with E-state index in [4.69, 9.17) is 5.11 Å². The molecule has 3 nitrogen and oxygen atoms in total. The molecule has 0 saturated carbocycles. The Labute approximate surface area is 87.6 Å². The molecule has 0 aromatic rings. The predicted octanol–water partition coefficient (Wildman–Crippen LogP) is 0.619. The van der Waals surface area contributed by atoms with Crippen molar-refractivity contribution in [2.45, 2.75) is 6.18 Å². The van der Waals surface area contributed by atoms with Crippen LogP contribution in [-0.4, -0.2) is 55.5 Å². The summed E-state index contributed by atoms with van der Waals surface area (Å²) in [5.41, 5.74) is 0. The fourth-order valence-electron chi connectivity index (χ4n) is 1.09. The van der Waals surface area contributed by atoms with Crippen molar-refractivity contribution in [3.8, 4) is 0 Å². The number of aliphatic hydroxyl groups excluding tert-OH is 1. The maximum Gasteiger partial charge on any atom is 0.401 e. The number of hydrogen-bond acceptors (Lipinski definition) is 3. The van der Waals surface area contributed by atoms with Gasteiger partial charge in [-0.15, -0.1) is 6.58 Å². The van der Waals surface area contributed by atoms with Gasteiger partial charge in [-0.3, -0.25) is 4.90 Å². The van der Waals surface area contributed by atoms with Gasteiger partial charge in [0.1, 0.15) is 0 Å². The summed E-state index contributed by atoms with van der Waals surface area (Å²) in [6, 6.07) is 0. The third-order valence-electron chi connectivity index (χ3n) is 1.73. The molecule has 0 aromatic carbocycles. The Balaban J connectivity index is 3.57. The molecule has 0 spiro atoms. The highest BCUT2D eigenvalue weighted by Crippen LogP contribution is 2.11. The molecule has 0 radical (unpaired) electrons. The molecular weight excluding hydrogens is 209 g/mol. The molecule has 0 bridgehead atoms. The van der Waals surface area contributed by atoms with Gasteiger partial charge >= 0.3 is 6.18 Å². The Morgan fingerprint density at radius 3 is 2.47 bits per heavy atom. The van der Waals surface area contributed by atoms with E-state index < -0.39 is 12.7 Å². The minimum Gasteiger partial charge on any atom is -0.395 e. The summed E-state index contributed by atoms with van der Waals surface area (Å²) in [6.45, 7) is 4.25. The molecule has 0 aliphatic rings. The summed E-state index contributed by atoms with van der Waals surface area (Å²) < 4.78 is 35.2. The summed E-state index contributed by atoms with van der Waals surface area (Å²) >= 11 is 0. The van der Waals surface area contributed by atoms with Gasteiger partial charge in [-0.25, -0.2) is 0 Å². The molecule has 6 heteroatoms. The van der Waals surface area contributed by atoms with E-state index in [1.165, 1.54) is 0 Å². The van der Waals surface area contributed by atoms with E-state index in [1.807, 2.05) is 4.90 Å². The molecule has 0 saturated heterocycles. The van der Waals surface area contributed by atoms with Gasteiger partial charge in [-0.2, -0.15) is 13.2 Å². The van der Waals surface area contributed by atoms with E-state index in [1.54, 1.807) is 6.08 Å². The smallest absolute Gasteiger partial charge is 0.395 e. The number of nitrogens with one attached hydrogen (secondary N) is 1. The number of rotatable bonds is 8. The van der Waals surface area contributed by atoms with Crippen molar-refractivity contribution in [2.75, 3.05) is 39.3 Å². The lowest BCUT2D eigenvalue weighted by molar-refractivity contribution is -0.124. The van der Waals surface area contributed by atoms with Crippen LogP contribution in [0.25, 0.3) is 0 Å². The molecule has 90 valence electrons. The lowest BCUT2D eigenvalue weighted by Gasteiger charge is -2.19. The van der Waals surface area contributed by atoms with Crippen molar-refractivity contribution in [1.82, 2.24) is 10.2 Å². The van der Waals surface area contributed by atoms with E-state index >= 15 is 0 Å². The van der Waals surface area contributed by atoms with Crippen LogP contribution in [0.15, 0.2) is 12.7 Å². The summed E-state index contributed by atoms with van der Waals surface area (Å²) in [6.07, 6.45) is -2.51. The van der Waals surface area contributed by atoms with E-state index in [-0.39, 0.29) is 13.2 Å². The Bertz CT molecular complexity index is 173. The summed E-state index contributed by atoms with van der Waals surface area (Å²) in [7, 11) is 0. The van der Waals surface area contributed by atoms with Gasteiger partial charge in [0.05, 0.1) is 13.2 Å². The van der Waals surface area contributed by atoms with Crippen LogP contribution in [0.4, 0.5) is 13.2 Å². The fourth-order valence-corrected chi connectivity index (χ4v) is 1.09. The number of aliphatic hydroxyl groups is 1. The second-order valence-corrected chi connectivity index (χ2v) is 3.10. The third-order valence-corrected chi connectivity index (χ3v) is 1.73. The number of alkyl halides is 3. The summed E-state index contributed by atoms with van der Waals surface area (Å²) in [5, 5.41) is 11.0. The molecule has 0 atom stereocenters. The third kappa shape index (κ3) is 9.71. The van der Waals surface area contributed by atoms with Crippen LogP contribution in [0, 0.1) is 0 Å². The number of hydrogen-bond donors (Lipinski definition) is 2. The van der Waals surface area contributed by atoms with Gasteiger partial charge in [-0.1, -0.05) is 6.08 Å². The van der Waals surface area contributed by atoms with Gasteiger partial charge in [0.2, 0.25) is 0 Å². The number of nitrogens with zero attached hydrogens (tertiary/aromatic N) is 1. The van der Waals surface area contributed by atoms with Gasteiger partial charge < -0.3 is 10.4 Å². The highest BCUT2D eigenvalue weighted by atomic mass is 19.4. The largest absolute Gasteiger partial charge is 0.401 e. The van der Waals surface area contributed by atoms with Crippen LogP contribution in [0.1, 0.15) is 0 Å². The lowest BCUT2D eigenvalue weighted by atomic mass is 10.4. The van der Waals surface area contributed by atoms with E-state index in [9.17, 15) is 13.2 Å². The van der Waals surface area contributed by atoms with Crippen LogP contribution in [0.5, 0.6) is 0 Å². The highest BCUT2D eigenvalue weighted by molar-refractivity contribution is 4.73. The van der Waals surface area contributed by atoms with Gasteiger partial charge in [-0.05, 0) is 0 Å². The quantitative estimate of drug-likeness (QED) is 0.470. The molecule has 0 aliphatic carbocycles. The van der Waals surface area contributed by atoms with E-state index in [0.29, 0.717) is 19.6 Å². The molecule has 0 amide bonds. The molecule has 0 unspecified atom stereocenters. The number of halogens is 3. The zero-order chi connectivity index (χ0) is 11.7. The first kappa shape index (κ1) is 14.4. The summed E-state index contributed by atoms with van der Waals surface area (Å²) in [4.78, 5) is 1.82. The van der Waals surface area contributed by atoms with Crippen LogP contribution < -0.4 is 5.32 Å². The highest BCUT2D eigenvalue weighted by Gasteiger charge is 2.25. The molecule has 0 heterocycles. The van der Waals surface area contributed by atoms with Gasteiger partial charge in [0, 0.05) is 26.2 Å². The van der Waals surface area contributed by atoms with Crippen molar-refractivity contribution >= 4 is 0 Å². The fraction of sp³-hybridized carbons (Fsp3) is 0.778. The average Bonchev–Trinajstić information content (AvgIpc) is 2.11. The average molecular weight is 226 g/mol. The minimum absolute atomic E-state index is 0.00683. The van der Waals surface area contributed by atoms with E-state index in [2.05, 4.69) is 11.9 Å². The summed E-state index contributed by atoms with van der Waals surface area (Å²) in [5.74, 6) is 0. The molecule has 0 fully saturated rings. The van der Waals surface area contributed by atoms with Gasteiger partial charge in [0.25, 0.3) is 0 Å². The monoisotopic (exact) mass is 226 g/mol. The first-order valence-electron chi connectivity index (χ1n) is 4.71. The molecule has 0 aromatic heterocycles. The minimum atomic E-state index is -4.17. The Morgan fingerprint density at radius 1 is 1.33 bits per heavy atom. The molecule has 0 rings (SSSR count). The normalized spacial score (nSPS) is 12.1. The SMILES string of the molecule is C=CCN(CCO)CCNCC(F)(F)F. The zero-order valence-electron chi connectivity index (χ0n) is 8.56. The predicted molar refractivity (Wildman–Crippen MR) is 52.6 cm³/mol. The first-order valence-corrected chi connectivity index (χ1v) is 4.71. The Hall–Kier alpha value is -0.590. The lowest BCUT2D eigenvalue weighted by Crippen LogP contribution is -2.37. The molecular formula is C9H17F3N2O. The van der Waals surface area contributed by atoms with Crippen molar-refractivity contribution in [3.05, 3.63) is 12.7 Å². The van der Waals surface area contributed by atoms with Crippen molar-refractivity contribution < 1.29 is 18.3 Å². The van der Waals surface area contributed by atoms with E-state index in [0.717, 1.165) is 0 Å². The van der Waals surface area contributed by atoms with Gasteiger partial charge in [0.15, 0.2) is 0 Å². The Kier molecular flexibility index (Phi) is 7.37. The maximum atomic E-state index is 11.7. The first-order chi connectivity index (χ1) is 6.99. The van der Waals surface area contributed by atoms with Crippen LogP contribution in [-0.2, 0) is 0 Å². The molecule has 2 N–H and O–H groups in total. The van der Waals surface area contributed by atoms with Crippen molar-refractivity contribution in [2.24, 2.45) is 0 Å². The maximum absolute atomic E-state index is 11.7. The molecule has 15 heavy (non-hydrogen) atoms. The van der Waals surface area contributed by atoms with Crippen LogP contribution >= 0.6 is 0 Å². The van der Waals surface area contributed by atoms with Crippen LogP contribution in [0.2, 0.25) is 0 Å². The van der Waals surface area contributed by atoms with Crippen LogP contribution in [0.3, 0.4) is 0 Å². The Morgan fingerprint density at radius 2 is 2.00 bits per heavy atom. The topological polar surface area (TPSA) is 35.5 Å². The second-order valence-electron chi connectivity index (χ2n) is 3.10. The van der Waals surface area contributed by atoms with Crippen molar-refractivity contribution in [1.29, 1.82) is 0 Å². The standard InChI is InChI=1S/C9H17F3N2O/c1-2-4-14(6-7-15)5-3-13-8-9(10,11)12/h2,13,15H,1,3-8H2. The second kappa shape index (κ2) is 7.67. The molecule has 0 aliphatic heterocycles. The van der Waals surface area contributed by atoms with Crippen molar-refractivity contribution in [3.63, 3.8) is 0 Å².